The molecule has 1 N–H and O–H groups in total. The number of nitrogens with zero attached hydrogens (tertiary/aromatic N) is 5. The summed E-state index contributed by atoms with van der Waals surface area (Å²) in [5, 5.41) is 3.25. The molecule has 0 aromatic carbocycles. The molecule has 3 aromatic rings. The molecule has 7 nitrogen and oxygen atoms in total. The average molecular weight is 403 g/mol. The lowest BCUT2D eigenvalue weighted by molar-refractivity contribution is 0.313. The minimum atomic E-state index is -0.180. The van der Waals surface area contributed by atoms with E-state index in [1.54, 1.807) is 22.5 Å². The van der Waals surface area contributed by atoms with Crippen LogP contribution in [-0.4, -0.2) is 30.3 Å². The van der Waals surface area contributed by atoms with E-state index in [2.05, 4.69) is 32.2 Å². The molecule has 0 amide bonds. The molecule has 27 heavy (non-hydrogen) atoms. The van der Waals surface area contributed by atoms with Crippen molar-refractivity contribution in [1.29, 1.82) is 0 Å². The summed E-state index contributed by atoms with van der Waals surface area (Å²) in [6.45, 7) is 2.53. The van der Waals surface area contributed by atoms with Gasteiger partial charge in [0.15, 0.2) is 11.5 Å². The Hall–Kier alpha value is -2.19. The Balaban J connectivity index is 1.64. The first-order chi connectivity index (χ1) is 13.2. The van der Waals surface area contributed by atoms with E-state index in [0.717, 1.165) is 35.6 Å². The van der Waals surface area contributed by atoms with Crippen LogP contribution in [0.15, 0.2) is 34.2 Å². The molecule has 1 fully saturated rings. The molecule has 1 aliphatic carbocycles. The van der Waals surface area contributed by atoms with Crippen molar-refractivity contribution in [3.8, 4) is 0 Å². The van der Waals surface area contributed by atoms with Crippen LogP contribution >= 0.6 is 23.4 Å². The number of nitrogens with one attached hydrogen (secondary N) is 1. The maximum Gasteiger partial charge on any atom is 0.295 e. The molecule has 3 heterocycles. The molecule has 0 bridgehead atoms. The lowest BCUT2D eigenvalue weighted by atomic mass is 9.93. The van der Waals surface area contributed by atoms with Gasteiger partial charge in [-0.15, -0.1) is 11.8 Å². The summed E-state index contributed by atoms with van der Waals surface area (Å²) in [5.74, 6) is 1.29. The van der Waals surface area contributed by atoms with Crippen LogP contribution < -0.4 is 10.9 Å². The number of rotatable bonds is 6. The third-order valence-electron chi connectivity index (χ3n) is 4.59. The number of thioether (sulfide) groups is 1. The van der Waals surface area contributed by atoms with Gasteiger partial charge in [-0.1, -0.05) is 6.92 Å². The summed E-state index contributed by atoms with van der Waals surface area (Å²) in [7, 11) is 0. The molecule has 0 saturated heterocycles. The molecule has 0 spiro atoms. The zero-order valence-corrected chi connectivity index (χ0v) is 16.4. The molecule has 0 radical (unpaired) electrons. The fraction of sp³-hybridized carbons (Fsp3) is 0.389. The van der Waals surface area contributed by atoms with Gasteiger partial charge >= 0.3 is 0 Å². The number of anilines is 1. The maximum absolute atomic E-state index is 13.0. The predicted octanol–water partition coefficient (Wildman–Crippen LogP) is 3.68. The standard InChI is InChI=1S/C18H19ClN6OS/c1-2-27-13-7-6-11(20-9-13)8-21-15-17(26)25(12-4-3-5-12)16-14(23-15)10-22-18(19)24-16/h6-7,9-10,12H,2-5,8H2,1H3,(H,21,23). The van der Waals surface area contributed by atoms with Gasteiger partial charge in [0.1, 0.15) is 5.52 Å². The first-order valence-electron chi connectivity index (χ1n) is 8.92. The van der Waals surface area contributed by atoms with E-state index in [1.807, 2.05) is 18.3 Å². The number of fused-ring (bicyclic) bond motifs is 1. The number of aromatic nitrogens is 5. The fourth-order valence-corrected chi connectivity index (χ4v) is 3.77. The van der Waals surface area contributed by atoms with Crippen molar-refractivity contribution in [2.24, 2.45) is 0 Å². The van der Waals surface area contributed by atoms with Gasteiger partial charge in [-0.25, -0.2) is 9.97 Å². The summed E-state index contributed by atoms with van der Waals surface area (Å²) in [4.78, 5) is 31.2. The van der Waals surface area contributed by atoms with Crippen LogP contribution in [0.2, 0.25) is 5.28 Å². The molecule has 1 saturated carbocycles. The van der Waals surface area contributed by atoms with Gasteiger partial charge < -0.3 is 5.32 Å². The van der Waals surface area contributed by atoms with Gasteiger partial charge in [-0.05, 0) is 48.7 Å². The second-order valence-electron chi connectivity index (χ2n) is 6.34. The van der Waals surface area contributed by atoms with Gasteiger partial charge in [-0.2, -0.15) is 4.98 Å². The third kappa shape index (κ3) is 3.77. The minimum absolute atomic E-state index is 0.117. The summed E-state index contributed by atoms with van der Waals surface area (Å²) >= 11 is 7.68. The highest BCUT2D eigenvalue weighted by Crippen LogP contribution is 2.32. The van der Waals surface area contributed by atoms with Crippen molar-refractivity contribution in [2.45, 2.75) is 43.7 Å². The van der Waals surface area contributed by atoms with Gasteiger partial charge in [-0.3, -0.25) is 14.3 Å². The van der Waals surface area contributed by atoms with Gasteiger partial charge in [0.25, 0.3) is 5.56 Å². The molecule has 0 atom stereocenters. The Labute approximate surface area is 165 Å². The molecule has 0 unspecified atom stereocenters. The van der Waals surface area contributed by atoms with Crippen LogP contribution in [0.5, 0.6) is 0 Å². The zero-order valence-electron chi connectivity index (χ0n) is 14.9. The van der Waals surface area contributed by atoms with Crippen molar-refractivity contribution in [2.75, 3.05) is 11.1 Å². The van der Waals surface area contributed by atoms with E-state index >= 15 is 0 Å². The SMILES string of the molecule is CCSc1ccc(CNc2nc3cnc(Cl)nc3n(C3CCC3)c2=O)nc1. The van der Waals surface area contributed by atoms with Gasteiger partial charge in [0.05, 0.1) is 18.4 Å². The molecule has 3 aromatic heterocycles. The Morgan fingerprint density at radius 1 is 1.26 bits per heavy atom. The van der Waals surface area contributed by atoms with Crippen molar-refractivity contribution in [3.63, 3.8) is 0 Å². The van der Waals surface area contributed by atoms with Gasteiger partial charge in [0, 0.05) is 17.1 Å². The molecule has 1 aliphatic rings. The molecule has 4 rings (SSSR count). The number of hydrogen-bond donors (Lipinski definition) is 1. The number of halogens is 1. The Morgan fingerprint density at radius 2 is 2.11 bits per heavy atom. The van der Waals surface area contributed by atoms with E-state index < -0.39 is 0 Å². The lowest BCUT2D eigenvalue weighted by Crippen LogP contribution is -2.32. The van der Waals surface area contributed by atoms with Crippen LogP contribution in [0.3, 0.4) is 0 Å². The molecule has 0 aliphatic heterocycles. The minimum Gasteiger partial charge on any atom is -0.360 e. The molecular weight excluding hydrogens is 384 g/mol. The molecule has 9 heteroatoms. The van der Waals surface area contributed by atoms with Crippen LogP contribution in [0.4, 0.5) is 5.82 Å². The second kappa shape index (κ2) is 7.82. The highest BCUT2D eigenvalue weighted by Gasteiger charge is 2.25. The third-order valence-corrected chi connectivity index (χ3v) is 5.63. The normalized spacial score (nSPS) is 14.3. The van der Waals surface area contributed by atoms with Crippen molar-refractivity contribution >= 4 is 40.3 Å². The Kier molecular flexibility index (Phi) is 5.27. The van der Waals surface area contributed by atoms with Crippen LogP contribution in [-0.2, 0) is 6.54 Å². The van der Waals surface area contributed by atoms with Crippen LogP contribution in [0.1, 0.15) is 37.9 Å². The van der Waals surface area contributed by atoms with Crippen LogP contribution in [0.25, 0.3) is 11.2 Å². The smallest absolute Gasteiger partial charge is 0.295 e. The zero-order chi connectivity index (χ0) is 18.8. The summed E-state index contributed by atoms with van der Waals surface area (Å²) < 4.78 is 1.70. The van der Waals surface area contributed by atoms with E-state index in [9.17, 15) is 4.79 Å². The highest BCUT2D eigenvalue weighted by molar-refractivity contribution is 7.99. The van der Waals surface area contributed by atoms with E-state index in [-0.39, 0.29) is 22.7 Å². The summed E-state index contributed by atoms with van der Waals surface area (Å²) in [5.41, 5.74) is 1.71. The van der Waals surface area contributed by atoms with Crippen molar-refractivity contribution < 1.29 is 0 Å². The number of pyridine rings is 1. The summed E-state index contributed by atoms with van der Waals surface area (Å²) in [6, 6.07) is 4.13. The van der Waals surface area contributed by atoms with E-state index in [4.69, 9.17) is 11.6 Å². The van der Waals surface area contributed by atoms with Crippen molar-refractivity contribution in [3.05, 3.63) is 45.9 Å². The number of hydrogen-bond acceptors (Lipinski definition) is 7. The first-order valence-corrected chi connectivity index (χ1v) is 10.3. The fourth-order valence-electron chi connectivity index (χ4n) is 3.02. The molecular formula is C18H19ClN6OS. The first kappa shape index (κ1) is 18.2. The molecule has 140 valence electrons. The highest BCUT2D eigenvalue weighted by atomic mass is 35.5. The quantitative estimate of drug-likeness (QED) is 0.497. The predicted molar refractivity (Wildman–Crippen MR) is 107 cm³/mol. The largest absolute Gasteiger partial charge is 0.360 e. The van der Waals surface area contributed by atoms with E-state index in [1.165, 1.54) is 0 Å². The summed E-state index contributed by atoms with van der Waals surface area (Å²) in [6.07, 6.45) is 6.42. The Morgan fingerprint density at radius 3 is 2.78 bits per heavy atom. The second-order valence-corrected chi connectivity index (χ2v) is 8.02. The van der Waals surface area contributed by atoms with Crippen molar-refractivity contribution in [1.82, 2.24) is 24.5 Å². The monoisotopic (exact) mass is 402 g/mol. The van der Waals surface area contributed by atoms with E-state index in [0.29, 0.717) is 17.7 Å². The lowest BCUT2D eigenvalue weighted by Gasteiger charge is -2.28. The maximum atomic E-state index is 13.0. The Bertz CT molecular complexity index is 1020. The van der Waals surface area contributed by atoms with Crippen LogP contribution in [0, 0.1) is 0 Å². The topological polar surface area (TPSA) is 85.6 Å². The average Bonchev–Trinajstić information content (AvgIpc) is 2.63. The van der Waals surface area contributed by atoms with Gasteiger partial charge in [0.2, 0.25) is 5.28 Å².